The maximum absolute atomic E-state index is 14.4. The van der Waals surface area contributed by atoms with E-state index in [1.807, 2.05) is 13.8 Å². The van der Waals surface area contributed by atoms with Crippen molar-refractivity contribution in [1.82, 2.24) is 19.7 Å². The van der Waals surface area contributed by atoms with E-state index in [-0.39, 0.29) is 17.5 Å². The number of carbonyl (C=O) groups excluding carboxylic acids is 1. The standard InChI is InChI=1S/C22H24FN7O/c1-4-19-26-10-16-18(25-9-12(2)24)6-5-15(21(16)28-19)22(31)27-14-7-13-11-30(3)29-20(13)17(23)8-14/h5-8,10-12,25H,4,9,24H2,1-3H3,(H,27,31)/t12-/m0/s1. The molecular formula is C22H24FN7O. The summed E-state index contributed by atoms with van der Waals surface area (Å²) in [5.41, 5.74) is 8.17. The fourth-order valence-electron chi connectivity index (χ4n) is 3.42. The third-order valence-electron chi connectivity index (χ3n) is 4.91. The number of nitrogens with zero attached hydrogens (tertiary/aromatic N) is 4. The molecule has 4 rings (SSSR count). The van der Waals surface area contributed by atoms with Crippen LogP contribution < -0.4 is 16.4 Å². The highest BCUT2D eigenvalue weighted by atomic mass is 19.1. The Hall–Kier alpha value is -3.59. The van der Waals surface area contributed by atoms with Gasteiger partial charge in [-0.05, 0) is 31.2 Å². The van der Waals surface area contributed by atoms with Crippen molar-refractivity contribution >= 4 is 39.1 Å². The molecule has 2 aromatic heterocycles. The Morgan fingerprint density at radius 1 is 1.29 bits per heavy atom. The molecular weight excluding hydrogens is 397 g/mol. The number of amides is 1. The number of hydrogen-bond donors (Lipinski definition) is 3. The average molecular weight is 421 g/mol. The Morgan fingerprint density at radius 2 is 2.10 bits per heavy atom. The van der Waals surface area contributed by atoms with Crippen molar-refractivity contribution in [3.05, 3.63) is 53.9 Å². The monoisotopic (exact) mass is 421 g/mol. The molecule has 0 fully saturated rings. The molecule has 1 amide bonds. The number of benzene rings is 2. The Labute approximate surface area is 178 Å². The van der Waals surface area contributed by atoms with E-state index in [9.17, 15) is 9.18 Å². The average Bonchev–Trinajstić information content (AvgIpc) is 3.12. The maximum Gasteiger partial charge on any atom is 0.257 e. The maximum atomic E-state index is 14.4. The number of aryl methyl sites for hydroxylation is 2. The van der Waals surface area contributed by atoms with Crippen LogP contribution in [0.15, 0.2) is 36.7 Å². The lowest BCUT2D eigenvalue weighted by molar-refractivity contribution is 0.102. The molecule has 0 aliphatic heterocycles. The summed E-state index contributed by atoms with van der Waals surface area (Å²) in [5, 5.41) is 11.5. The van der Waals surface area contributed by atoms with E-state index in [4.69, 9.17) is 5.73 Å². The van der Waals surface area contributed by atoms with Crippen molar-refractivity contribution in [2.45, 2.75) is 26.3 Å². The first kappa shape index (κ1) is 20.7. The van der Waals surface area contributed by atoms with Crippen LogP contribution in [0.3, 0.4) is 0 Å². The lowest BCUT2D eigenvalue weighted by Crippen LogP contribution is -2.25. The van der Waals surface area contributed by atoms with Gasteiger partial charge in [0.05, 0.1) is 11.1 Å². The van der Waals surface area contributed by atoms with Gasteiger partial charge in [-0.3, -0.25) is 9.48 Å². The minimum absolute atomic E-state index is 0.0360. The van der Waals surface area contributed by atoms with Crippen molar-refractivity contribution in [3.8, 4) is 0 Å². The van der Waals surface area contributed by atoms with Gasteiger partial charge in [-0.25, -0.2) is 14.4 Å². The van der Waals surface area contributed by atoms with E-state index in [0.29, 0.717) is 40.9 Å². The highest BCUT2D eigenvalue weighted by Crippen LogP contribution is 2.27. The summed E-state index contributed by atoms with van der Waals surface area (Å²) < 4.78 is 15.9. The van der Waals surface area contributed by atoms with Gasteiger partial charge >= 0.3 is 0 Å². The van der Waals surface area contributed by atoms with Crippen molar-refractivity contribution in [1.29, 1.82) is 0 Å². The minimum Gasteiger partial charge on any atom is -0.383 e. The number of hydrogen-bond acceptors (Lipinski definition) is 6. The molecule has 2 heterocycles. The Kier molecular flexibility index (Phi) is 5.51. The lowest BCUT2D eigenvalue weighted by atomic mass is 10.1. The second kappa shape index (κ2) is 8.27. The Bertz CT molecular complexity index is 1280. The van der Waals surface area contributed by atoms with Crippen LogP contribution in [-0.4, -0.2) is 38.2 Å². The fraction of sp³-hybridized carbons (Fsp3) is 0.273. The smallest absolute Gasteiger partial charge is 0.257 e. The summed E-state index contributed by atoms with van der Waals surface area (Å²) in [6, 6.07) is 6.43. The first-order valence-corrected chi connectivity index (χ1v) is 10.1. The molecule has 31 heavy (non-hydrogen) atoms. The van der Waals surface area contributed by atoms with Gasteiger partial charge in [-0.15, -0.1) is 0 Å². The highest BCUT2D eigenvalue weighted by molar-refractivity contribution is 6.14. The summed E-state index contributed by atoms with van der Waals surface area (Å²) >= 11 is 0. The molecule has 4 N–H and O–H groups in total. The molecule has 0 radical (unpaired) electrons. The van der Waals surface area contributed by atoms with Gasteiger partial charge in [0.25, 0.3) is 5.91 Å². The molecule has 0 bridgehead atoms. The molecule has 1 atom stereocenters. The van der Waals surface area contributed by atoms with Crippen molar-refractivity contribution in [3.63, 3.8) is 0 Å². The van der Waals surface area contributed by atoms with Gasteiger partial charge in [-0.1, -0.05) is 6.92 Å². The van der Waals surface area contributed by atoms with Gasteiger partial charge in [0.1, 0.15) is 11.3 Å². The van der Waals surface area contributed by atoms with Crippen LogP contribution in [0.1, 0.15) is 30.0 Å². The second-order valence-corrected chi connectivity index (χ2v) is 7.57. The quantitative estimate of drug-likeness (QED) is 0.441. The molecule has 9 heteroatoms. The Morgan fingerprint density at radius 3 is 2.84 bits per heavy atom. The number of carbonyl (C=O) groups is 1. The summed E-state index contributed by atoms with van der Waals surface area (Å²) in [7, 11) is 1.72. The van der Waals surface area contributed by atoms with Crippen LogP contribution in [0.5, 0.6) is 0 Å². The molecule has 0 unspecified atom stereocenters. The number of halogens is 1. The van der Waals surface area contributed by atoms with E-state index in [2.05, 4.69) is 25.7 Å². The van der Waals surface area contributed by atoms with E-state index in [1.165, 1.54) is 10.7 Å². The first-order chi connectivity index (χ1) is 14.9. The largest absolute Gasteiger partial charge is 0.383 e. The molecule has 4 aromatic rings. The van der Waals surface area contributed by atoms with Gasteiger partial charge in [0, 0.05) is 60.6 Å². The van der Waals surface area contributed by atoms with Crippen molar-refractivity contribution < 1.29 is 9.18 Å². The Balaban J connectivity index is 1.72. The summed E-state index contributed by atoms with van der Waals surface area (Å²) in [6.45, 7) is 4.42. The topological polar surface area (TPSA) is 111 Å². The predicted octanol–water partition coefficient (Wildman–Crippen LogP) is 3.23. The SMILES string of the molecule is CCc1ncc2c(NC[C@H](C)N)ccc(C(=O)Nc3cc(F)c4nn(C)cc4c3)c2n1. The van der Waals surface area contributed by atoms with Crippen LogP contribution in [0, 0.1) is 5.82 Å². The summed E-state index contributed by atoms with van der Waals surface area (Å²) in [5.74, 6) is -0.245. The van der Waals surface area contributed by atoms with Crippen LogP contribution >= 0.6 is 0 Å². The molecule has 0 saturated heterocycles. The predicted molar refractivity (Wildman–Crippen MR) is 120 cm³/mol. The lowest BCUT2D eigenvalue weighted by Gasteiger charge is -2.14. The molecule has 0 saturated carbocycles. The highest BCUT2D eigenvalue weighted by Gasteiger charge is 2.17. The molecule has 0 spiro atoms. The van der Waals surface area contributed by atoms with Crippen molar-refractivity contribution in [2.24, 2.45) is 12.8 Å². The number of aromatic nitrogens is 4. The fourth-order valence-corrected chi connectivity index (χ4v) is 3.42. The molecule has 0 aliphatic carbocycles. The van der Waals surface area contributed by atoms with Crippen LogP contribution in [0.2, 0.25) is 0 Å². The molecule has 160 valence electrons. The third kappa shape index (κ3) is 4.17. The number of rotatable bonds is 6. The van der Waals surface area contributed by atoms with Gasteiger partial charge in [0.15, 0.2) is 5.82 Å². The number of nitrogens with one attached hydrogen (secondary N) is 2. The van der Waals surface area contributed by atoms with E-state index in [0.717, 1.165) is 11.1 Å². The van der Waals surface area contributed by atoms with Crippen LogP contribution in [-0.2, 0) is 13.5 Å². The zero-order valence-corrected chi connectivity index (χ0v) is 17.6. The zero-order chi connectivity index (χ0) is 22.1. The summed E-state index contributed by atoms with van der Waals surface area (Å²) in [6.07, 6.45) is 4.04. The first-order valence-electron chi connectivity index (χ1n) is 10.1. The second-order valence-electron chi connectivity index (χ2n) is 7.57. The number of anilines is 2. The zero-order valence-electron chi connectivity index (χ0n) is 17.6. The van der Waals surface area contributed by atoms with Gasteiger partial charge < -0.3 is 16.4 Å². The number of nitrogens with two attached hydrogens (primary N) is 1. The summed E-state index contributed by atoms with van der Waals surface area (Å²) in [4.78, 5) is 22.1. The molecule has 2 aromatic carbocycles. The van der Waals surface area contributed by atoms with Gasteiger partial charge in [-0.2, -0.15) is 5.10 Å². The molecule has 0 aliphatic rings. The van der Waals surface area contributed by atoms with Crippen LogP contribution in [0.4, 0.5) is 15.8 Å². The normalized spacial score (nSPS) is 12.3. The number of fused-ring (bicyclic) bond motifs is 2. The van der Waals surface area contributed by atoms with Crippen LogP contribution in [0.25, 0.3) is 21.8 Å². The third-order valence-corrected chi connectivity index (χ3v) is 4.91. The van der Waals surface area contributed by atoms with Gasteiger partial charge in [0.2, 0.25) is 0 Å². The van der Waals surface area contributed by atoms with E-state index < -0.39 is 5.82 Å². The van der Waals surface area contributed by atoms with E-state index >= 15 is 0 Å². The molecule has 8 nitrogen and oxygen atoms in total. The minimum atomic E-state index is -0.496. The van der Waals surface area contributed by atoms with Crippen molar-refractivity contribution in [2.75, 3.05) is 17.2 Å². The van der Waals surface area contributed by atoms with E-state index in [1.54, 1.807) is 37.6 Å².